The van der Waals surface area contributed by atoms with Gasteiger partial charge in [0.25, 0.3) is 5.91 Å². The van der Waals surface area contributed by atoms with Crippen LogP contribution in [0.3, 0.4) is 0 Å². The molecule has 102 valence electrons. The summed E-state index contributed by atoms with van der Waals surface area (Å²) in [6, 6.07) is 4.40. The van der Waals surface area contributed by atoms with Gasteiger partial charge in [-0.1, -0.05) is 0 Å². The van der Waals surface area contributed by atoms with E-state index in [4.69, 9.17) is 14.9 Å². The number of amides is 1. The van der Waals surface area contributed by atoms with Gasteiger partial charge in [0.2, 0.25) is 0 Å². The first-order chi connectivity index (χ1) is 9.04. The van der Waals surface area contributed by atoms with Gasteiger partial charge in [-0.2, -0.15) is 0 Å². The molecular weight excluding hydrogens is 250 g/mol. The molecule has 2 rings (SSSR count). The molecule has 0 saturated carbocycles. The minimum atomic E-state index is -1.06. The lowest BCUT2D eigenvalue weighted by Crippen LogP contribution is -2.45. The van der Waals surface area contributed by atoms with Crippen LogP contribution in [0.4, 0.5) is 5.69 Å². The second-order valence-electron chi connectivity index (χ2n) is 4.31. The molecule has 1 aliphatic rings. The van der Waals surface area contributed by atoms with Crippen LogP contribution in [0.25, 0.3) is 0 Å². The average Bonchev–Trinajstić information content (AvgIpc) is 2.39. The molecule has 0 aromatic heterocycles. The third kappa shape index (κ3) is 2.53. The molecule has 1 unspecified atom stereocenters. The molecule has 0 bridgehead atoms. The van der Waals surface area contributed by atoms with Crippen molar-refractivity contribution in [1.82, 2.24) is 0 Å². The van der Waals surface area contributed by atoms with Gasteiger partial charge in [-0.05, 0) is 31.5 Å². The Labute approximate surface area is 110 Å². The number of hydrogen-bond donors (Lipinski definition) is 2. The monoisotopic (exact) mass is 265 g/mol. The van der Waals surface area contributed by atoms with E-state index in [2.05, 4.69) is 0 Å². The standard InChI is InChI=1S/C13H15NO5/c1-8-12(16)14(5-2-6-15)10-7-9(13(17)18)3-4-11(10)19-8/h3-4,7-8,15H,2,5-6H2,1H3,(H,17,18). The maximum absolute atomic E-state index is 12.0. The van der Waals surface area contributed by atoms with E-state index in [1.165, 1.54) is 17.0 Å². The number of carbonyl (C=O) groups excluding carboxylic acids is 1. The number of nitrogens with zero attached hydrogens (tertiary/aromatic N) is 1. The highest BCUT2D eigenvalue weighted by Crippen LogP contribution is 2.34. The summed E-state index contributed by atoms with van der Waals surface area (Å²) in [5, 5.41) is 17.9. The number of anilines is 1. The van der Waals surface area contributed by atoms with Gasteiger partial charge in [-0.25, -0.2) is 4.79 Å². The second-order valence-corrected chi connectivity index (χ2v) is 4.31. The van der Waals surface area contributed by atoms with Crippen LogP contribution in [-0.2, 0) is 4.79 Å². The van der Waals surface area contributed by atoms with Crippen molar-refractivity contribution in [3.8, 4) is 5.75 Å². The Bertz CT molecular complexity index is 514. The number of hydrogen-bond acceptors (Lipinski definition) is 4. The van der Waals surface area contributed by atoms with E-state index >= 15 is 0 Å². The summed E-state index contributed by atoms with van der Waals surface area (Å²) in [7, 11) is 0. The molecule has 2 N–H and O–H groups in total. The van der Waals surface area contributed by atoms with Gasteiger partial charge in [0.1, 0.15) is 5.75 Å². The molecular formula is C13H15NO5. The van der Waals surface area contributed by atoms with E-state index in [-0.39, 0.29) is 18.1 Å². The lowest BCUT2D eigenvalue weighted by molar-refractivity contribution is -0.125. The number of carbonyl (C=O) groups is 2. The molecule has 6 heteroatoms. The fourth-order valence-corrected chi connectivity index (χ4v) is 2.00. The first kappa shape index (κ1) is 13.4. The van der Waals surface area contributed by atoms with Crippen LogP contribution in [0.15, 0.2) is 18.2 Å². The summed E-state index contributed by atoms with van der Waals surface area (Å²) in [5.74, 6) is -0.811. The van der Waals surface area contributed by atoms with E-state index in [1.807, 2.05) is 0 Å². The van der Waals surface area contributed by atoms with Crippen LogP contribution in [0.1, 0.15) is 23.7 Å². The van der Waals surface area contributed by atoms with E-state index < -0.39 is 12.1 Å². The van der Waals surface area contributed by atoms with Crippen molar-refractivity contribution in [2.75, 3.05) is 18.1 Å². The van der Waals surface area contributed by atoms with E-state index in [9.17, 15) is 9.59 Å². The van der Waals surface area contributed by atoms with E-state index in [1.54, 1.807) is 13.0 Å². The highest BCUT2D eigenvalue weighted by Gasteiger charge is 2.31. The Morgan fingerprint density at radius 3 is 2.84 bits per heavy atom. The second kappa shape index (κ2) is 5.27. The quantitative estimate of drug-likeness (QED) is 0.844. The number of aliphatic hydroxyl groups is 1. The number of carboxylic acids is 1. The van der Waals surface area contributed by atoms with Crippen molar-refractivity contribution < 1.29 is 24.5 Å². The molecule has 1 aromatic rings. The Kier molecular flexibility index (Phi) is 3.71. The molecule has 1 amide bonds. The van der Waals surface area contributed by atoms with Crippen molar-refractivity contribution in [2.45, 2.75) is 19.4 Å². The molecule has 0 aliphatic carbocycles. The van der Waals surface area contributed by atoms with Gasteiger partial charge in [0.15, 0.2) is 6.10 Å². The number of fused-ring (bicyclic) bond motifs is 1. The van der Waals surface area contributed by atoms with Crippen molar-refractivity contribution in [1.29, 1.82) is 0 Å². The van der Waals surface area contributed by atoms with Gasteiger partial charge in [0.05, 0.1) is 11.3 Å². The van der Waals surface area contributed by atoms with Gasteiger partial charge < -0.3 is 19.8 Å². The van der Waals surface area contributed by atoms with E-state index in [0.717, 1.165) is 0 Å². The zero-order chi connectivity index (χ0) is 14.0. The Balaban J connectivity index is 2.41. The summed E-state index contributed by atoms with van der Waals surface area (Å²) in [5.41, 5.74) is 0.537. The molecule has 0 radical (unpaired) electrons. The number of carboxylic acid groups (broad SMARTS) is 1. The van der Waals surface area contributed by atoms with Crippen LogP contribution < -0.4 is 9.64 Å². The van der Waals surface area contributed by atoms with E-state index in [0.29, 0.717) is 24.4 Å². The number of benzene rings is 1. The predicted molar refractivity (Wildman–Crippen MR) is 67.5 cm³/mol. The Morgan fingerprint density at radius 2 is 2.21 bits per heavy atom. The van der Waals surface area contributed by atoms with Gasteiger partial charge in [-0.15, -0.1) is 0 Å². The first-order valence-corrected chi connectivity index (χ1v) is 6.01. The number of aliphatic hydroxyl groups excluding tert-OH is 1. The molecule has 1 aliphatic heterocycles. The average molecular weight is 265 g/mol. The summed E-state index contributed by atoms with van der Waals surface area (Å²) in [6.45, 7) is 1.94. The lowest BCUT2D eigenvalue weighted by atomic mass is 10.1. The minimum absolute atomic E-state index is 0.0347. The normalized spacial score (nSPS) is 17.9. The Morgan fingerprint density at radius 1 is 1.47 bits per heavy atom. The summed E-state index contributed by atoms with van der Waals surface area (Å²) in [6.07, 6.45) is -0.184. The maximum Gasteiger partial charge on any atom is 0.335 e. The number of aromatic carboxylic acids is 1. The first-order valence-electron chi connectivity index (χ1n) is 6.01. The van der Waals surface area contributed by atoms with Crippen molar-refractivity contribution in [2.24, 2.45) is 0 Å². The van der Waals surface area contributed by atoms with Crippen LogP contribution in [0.2, 0.25) is 0 Å². The summed E-state index contributed by atoms with van der Waals surface area (Å²) >= 11 is 0. The molecule has 19 heavy (non-hydrogen) atoms. The summed E-state index contributed by atoms with van der Waals surface area (Å²) in [4.78, 5) is 24.5. The smallest absolute Gasteiger partial charge is 0.335 e. The topological polar surface area (TPSA) is 87.1 Å². The molecule has 1 aromatic carbocycles. The minimum Gasteiger partial charge on any atom is -0.479 e. The third-order valence-corrected chi connectivity index (χ3v) is 2.95. The predicted octanol–water partition coefficient (Wildman–Crippen LogP) is 0.881. The largest absolute Gasteiger partial charge is 0.479 e. The van der Waals surface area contributed by atoms with Gasteiger partial charge >= 0.3 is 5.97 Å². The number of rotatable bonds is 4. The fourth-order valence-electron chi connectivity index (χ4n) is 2.00. The Hall–Kier alpha value is -2.08. The maximum atomic E-state index is 12.0. The van der Waals surface area contributed by atoms with Crippen LogP contribution >= 0.6 is 0 Å². The number of ether oxygens (including phenoxy) is 1. The molecule has 6 nitrogen and oxygen atoms in total. The molecule has 0 spiro atoms. The van der Waals surface area contributed by atoms with Crippen molar-refractivity contribution >= 4 is 17.6 Å². The highest BCUT2D eigenvalue weighted by molar-refractivity contribution is 6.01. The molecule has 0 fully saturated rings. The fraction of sp³-hybridized carbons (Fsp3) is 0.385. The van der Waals surface area contributed by atoms with Crippen molar-refractivity contribution in [3.05, 3.63) is 23.8 Å². The molecule has 0 saturated heterocycles. The highest BCUT2D eigenvalue weighted by atomic mass is 16.5. The van der Waals surface area contributed by atoms with Crippen LogP contribution in [0.5, 0.6) is 5.75 Å². The van der Waals surface area contributed by atoms with Crippen LogP contribution in [-0.4, -0.2) is 41.3 Å². The third-order valence-electron chi connectivity index (χ3n) is 2.95. The van der Waals surface area contributed by atoms with Crippen molar-refractivity contribution in [3.63, 3.8) is 0 Å². The SMILES string of the molecule is CC1Oc2ccc(C(=O)O)cc2N(CCCO)C1=O. The summed E-state index contributed by atoms with van der Waals surface area (Å²) < 4.78 is 5.44. The van der Waals surface area contributed by atoms with Crippen LogP contribution in [0, 0.1) is 0 Å². The zero-order valence-electron chi connectivity index (χ0n) is 10.5. The van der Waals surface area contributed by atoms with Gasteiger partial charge in [-0.3, -0.25) is 4.79 Å². The van der Waals surface area contributed by atoms with Gasteiger partial charge in [0, 0.05) is 13.2 Å². The zero-order valence-corrected chi connectivity index (χ0v) is 10.5. The lowest BCUT2D eigenvalue weighted by Gasteiger charge is -2.33. The molecule has 1 heterocycles. The molecule has 1 atom stereocenters.